The van der Waals surface area contributed by atoms with Gasteiger partial charge in [-0.25, -0.2) is 0 Å². The summed E-state index contributed by atoms with van der Waals surface area (Å²) >= 11 is 0. The standard InChI is InChI=1S/C10H23NO/c1-4-6-8-10(7-5-2)11-9(3)12/h9-12H,4-8H2,1-3H3. The number of unbranched alkanes of at least 4 members (excludes halogenated alkanes) is 1. The van der Waals surface area contributed by atoms with E-state index < -0.39 is 0 Å². The Morgan fingerprint density at radius 3 is 2.25 bits per heavy atom. The molecular formula is C10H23NO. The van der Waals surface area contributed by atoms with Crippen LogP contribution in [0.5, 0.6) is 0 Å². The molecule has 2 N–H and O–H groups in total. The molecule has 0 aromatic heterocycles. The van der Waals surface area contributed by atoms with Crippen LogP contribution in [-0.2, 0) is 0 Å². The minimum absolute atomic E-state index is 0.363. The third-order valence-electron chi connectivity index (χ3n) is 2.02. The minimum atomic E-state index is -0.363. The van der Waals surface area contributed by atoms with Crippen LogP contribution in [0.4, 0.5) is 0 Å². The van der Waals surface area contributed by atoms with Crippen LogP contribution in [0.3, 0.4) is 0 Å². The second-order valence-corrected chi connectivity index (χ2v) is 3.47. The van der Waals surface area contributed by atoms with Gasteiger partial charge in [0.1, 0.15) is 6.23 Å². The lowest BCUT2D eigenvalue weighted by Crippen LogP contribution is -2.36. The Kier molecular flexibility index (Phi) is 7.51. The highest BCUT2D eigenvalue weighted by molar-refractivity contribution is 4.66. The van der Waals surface area contributed by atoms with Crippen LogP contribution in [0, 0.1) is 0 Å². The molecule has 0 aromatic carbocycles. The Labute approximate surface area is 76.4 Å². The molecular weight excluding hydrogens is 150 g/mol. The summed E-state index contributed by atoms with van der Waals surface area (Å²) in [6.07, 6.45) is 5.68. The van der Waals surface area contributed by atoms with Crippen LogP contribution in [0.2, 0.25) is 0 Å². The van der Waals surface area contributed by atoms with Gasteiger partial charge in [-0.1, -0.05) is 33.1 Å². The molecule has 0 amide bonds. The quantitative estimate of drug-likeness (QED) is 0.579. The average molecular weight is 173 g/mol. The first-order valence-corrected chi connectivity index (χ1v) is 5.14. The SMILES string of the molecule is CCCCC(CCC)NC(C)O. The van der Waals surface area contributed by atoms with Crippen molar-refractivity contribution in [2.75, 3.05) is 0 Å². The van der Waals surface area contributed by atoms with Crippen molar-refractivity contribution in [3.05, 3.63) is 0 Å². The van der Waals surface area contributed by atoms with E-state index in [4.69, 9.17) is 5.11 Å². The molecule has 0 aromatic rings. The zero-order valence-corrected chi connectivity index (χ0v) is 8.64. The van der Waals surface area contributed by atoms with Crippen molar-refractivity contribution in [3.63, 3.8) is 0 Å². The average Bonchev–Trinajstić information content (AvgIpc) is 2.00. The molecule has 0 aliphatic carbocycles. The predicted molar refractivity (Wildman–Crippen MR) is 53.0 cm³/mol. The number of hydrogen-bond acceptors (Lipinski definition) is 2. The summed E-state index contributed by atoms with van der Waals surface area (Å²) in [5, 5.41) is 12.3. The molecule has 0 aliphatic heterocycles. The second kappa shape index (κ2) is 7.56. The van der Waals surface area contributed by atoms with Gasteiger partial charge in [0, 0.05) is 6.04 Å². The van der Waals surface area contributed by atoms with Crippen LogP contribution in [-0.4, -0.2) is 17.4 Å². The summed E-state index contributed by atoms with van der Waals surface area (Å²) in [6.45, 7) is 6.17. The first-order valence-electron chi connectivity index (χ1n) is 5.14. The summed E-state index contributed by atoms with van der Waals surface area (Å²) in [5.74, 6) is 0. The Bertz CT molecular complexity index is 93.8. The van der Waals surface area contributed by atoms with Gasteiger partial charge in [0.2, 0.25) is 0 Å². The number of aliphatic hydroxyl groups excluding tert-OH is 1. The summed E-state index contributed by atoms with van der Waals surface area (Å²) in [5.41, 5.74) is 0. The zero-order valence-electron chi connectivity index (χ0n) is 8.64. The highest BCUT2D eigenvalue weighted by atomic mass is 16.3. The molecule has 0 heterocycles. The Balaban J connectivity index is 3.54. The molecule has 0 radical (unpaired) electrons. The van der Waals surface area contributed by atoms with Crippen molar-refractivity contribution >= 4 is 0 Å². The normalized spacial score (nSPS) is 16.0. The van der Waals surface area contributed by atoms with Gasteiger partial charge in [-0.2, -0.15) is 0 Å². The highest BCUT2D eigenvalue weighted by Gasteiger charge is 2.07. The molecule has 2 nitrogen and oxygen atoms in total. The van der Waals surface area contributed by atoms with Gasteiger partial charge in [0.05, 0.1) is 0 Å². The molecule has 0 rings (SSSR count). The lowest BCUT2D eigenvalue weighted by Gasteiger charge is -2.19. The van der Waals surface area contributed by atoms with Crippen LogP contribution in [0.25, 0.3) is 0 Å². The smallest absolute Gasteiger partial charge is 0.102 e. The molecule has 0 aliphatic rings. The van der Waals surface area contributed by atoms with Crippen LogP contribution in [0.15, 0.2) is 0 Å². The Morgan fingerprint density at radius 2 is 1.83 bits per heavy atom. The maximum Gasteiger partial charge on any atom is 0.102 e. The third kappa shape index (κ3) is 6.62. The largest absolute Gasteiger partial charge is 0.379 e. The minimum Gasteiger partial charge on any atom is -0.379 e. The lowest BCUT2D eigenvalue weighted by atomic mass is 10.1. The van der Waals surface area contributed by atoms with Crippen LogP contribution in [0.1, 0.15) is 52.9 Å². The van der Waals surface area contributed by atoms with E-state index in [1.165, 1.54) is 32.1 Å². The van der Waals surface area contributed by atoms with Gasteiger partial charge in [-0.15, -0.1) is 0 Å². The molecule has 2 heteroatoms. The van der Waals surface area contributed by atoms with E-state index in [1.54, 1.807) is 6.92 Å². The van der Waals surface area contributed by atoms with Crippen LogP contribution < -0.4 is 5.32 Å². The van der Waals surface area contributed by atoms with Gasteiger partial charge < -0.3 is 5.11 Å². The lowest BCUT2D eigenvalue weighted by molar-refractivity contribution is 0.135. The van der Waals surface area contributed by atoms with Crippen molar-refractivity contribution in [2.45, 2.75) is 65.1 Å². The molecule has 0 spiro atoms. The molecule has 0 bridgehead atoms. The maximum absolute atomic E-state index is 9.14. The summed E-state index contributed by atoms with van der Waals surface area (Å²) in [7, 11) is 0. The number of hydrogen-bond donors (Lipinski definition) is 2. The summed E-state index contributed by atoms with van der Waals surface area (Å²) in [4.78, 5) is 0. The fourth-order valence-corrected chi connectivity index (χ4v) is 1.45. The van der Waals surface area contributed by atoms with E-state index in [0.29, 0.717) is 6.04 Å². The van der Waals surface area contributed by atoms with Gasteiger partial charge in [0.15, 0.2) is 0 Å². The molecule has 0 fully saturated rings. The maximum atomic E-state index is 9.14. The van der Waals surface area contributed by atoms with Gasteiger partial charge >= 0.3 is 0 Å². The summed E-state index contributed by atoms with van der Waals surface area (Å²) < 4.78 is 0. The monoisotopic (exact) mass is 173 g/mol. The van der Waals surface area contributed by atoms with E-state index in [-0.39, 0.29) is 6.23 Å². The number of rotatable bonds is 7. The van der Waals surface area contributed by atoms with Crippen LogP contribution >= 0.6 is 0 Å². The van der Waals surface area contributed by atoms with E-state index in [2.05, 4.69) is 19.2 Å². The van der Waals surface area contributed by atoms with Crippen molar-refractivity contribution in [1.29, 1.82) is 0 Å². The van der Waals surface area contributed by atoms with Gasteiger partial charge in [0.25, 0.3) is 0 Å². The molecule has 2 unspecified atom stereocenters. The third-order valence-corrected chi connectivity index (χ3v) is 2.02. The van der Waals surface area contributed by atoms with Crippen molar-refractivity contribution < 1.29 is 5.11 Å². The van der Waals surface area contributed by atoms with Gasteiger partial charge in [-0.05, 0) is 19.8 Å². The van der Waals surface area contributed by atoms with Gasteiger partial charge in [-0.3, -0.25) is 5.32 Å². The molecule has 2 atom stereocenters. The van der Waals surface area contributed by atoms with Crippen molar-refractivity contribution in [2.24, 2.45) is 0 Å². The number of aliphatic hydroxyl groups is 1. The van der Waals surface area contributed by atoms with E-state index in [0.717, 1.165) is 0 Å². The predicted octanol–water partition coefficient (Wildman–Crippen LogP) is 2.27. The molecule has 0 saturated heterocycles. The first kappa shape index (κ1) is 11.9. The second-order valence-electron chi connectivity index (χ2n) is 3.47. The summed E-state index contributed by atoms with van der Waals surface area (Å²) in [6, 6.07) is 0.509. The number of nitrogens with one attached hydrogen (secondary N) is 1. The Morgan fingerprint density at radius 1 is 1.17 bits per heavy atom. The fraction of sp³-hybridized carbons (Fsp3) is 1.00. The topological polar surface area (TPSA) is 32.3 Å². The fourth-order valence-electron chi connectivity index (χ4n) is 1.45. The zero-order chi connectivity index (χ0) is 9.40. The van der Waals surface area contributed by atoms with E-state index in [9.17, 15) is 0 Å². The van der Waals surface area contributed by atoms with E-state index >= 15 is 0 Å². The first-order chi connectivity index (χ1) is 5.70. The molecule has 74 valence electrons. The molecule has 0 saturated carbocycles. The van der Waals surface area contributed by atoms with E-state index in [1.807, 2.05) is 0 Å². The highest BCUT2D eigenvalue weighted by Crippen LogP contribution is 2.06. The van der Waals surface area contributed by atoms with Crippen molar-refractivity contribution in [3.8, 4) is 0 Å². The van der Waals surface area contributed by atoms with Crippen molar-refractivity contribution in [1.82, 2.24) is 5.32 Å². The molecule has 12 heavy (non-hydrogen) atoms. The Hall–Kier alpha value is -0.0800.